The summed E-state index contributed by atoms with van der Waals surface area (Å²) in [4.78, 5) is 2.37. The van der Waals surface area contributed by atoms with Crippen LogP contribution in [-0.4, -0.2) is 11.4 Å². The van der Waals surface area contributed by atoms with Crippen molar-refractivity contribution in [3.8, 4) is 0 Å². The van der Waals surface area contributed by atoms with Crippen molar-refractivity contribution in [3.05, 3.63) is 77.1 Å². The van der Waals surface area contributed by atoms with E-state index in [1.54, 1.807) is 0 Å². The third-order valence-electron chi connectivity index (χ3n) is 3.69. The number of azo groups is 1. The quantitative estimate of drug-likeness (QED) is 0.679. The number of benzene rings is 2. The van der Waals surface area contributed by atoms with Gasteiger partial charge in [-0.1, -0.05) is 41.9 Å². The van der Waals surface area contributed by atoms with Crippen molar-refractivity contribution in [2.45, 2.75) is 19.4 Å². The molecule has 0 aliphatic carbocycles. The maximum absolute atomic E-state index is 5.85. The summed E-state index contributed by atoms with van der Waals surface area (Å²) >= 11 is 5.85. The lowest BCUT2D eigenvalue weighted by molar-refractivity contribution is 0.385. The fourth-order valence-corrected chi connectivity index (χ4v) is 2.68. The number of rotatable bonds is 4. The third kappa shape index (κ3) is 3.95. The Hall–Kier alpha value is -2.13. The Morgan fingerprint density at radius 1 is 1.05 bits per heavy atom. The molecule has 3 rings (SSSR count). The standard InChI is InChI=1S/C18H18ClN3/c19-16-8-10-17(11-9-16)21-20-13-18-7-4-12-22(18)14-15-5-2-1-3-6-15/h1-3,5-6,8-11,13H,4,7,12,14H2/b18-13+,21-20?. The summed E-state index contributed by atoms with van der Waals surface area (Å²) in [6, 6.07) is 17.9. The highest BCUT2D eigenvalue weighted by atomic mass is 35.5. The van der Waals surface area contributed by atoms with E-state index in [2.05, 4.69) is 39.4 Å². The molecule has 0 bridgehead atoms. The van der Waals surface area contributed by atoms with Crippen LogP contribution in [0.1, 0.15) is 18.4 Å². The molecule has 2 aromatic carbocycles. The van der Waals surface area contributed by atoms with E-state index in [-0.39, 0.29) is 0 Å². The predicted octanol–water partition coefficient (Wildman–Crippen LogP) is 5.56. The van der Waals surface area contributed by atoms with E-state index in [1.807, 2.05) is 36.5 Å². The molecule has 0 atom stereocenters. The number of halogens is 1. The molecule has 4 heteroatoms. The van der Waals surface area contributed by atoms with Crippen LogP contribution in [0.2, 0.25) is 5.02 Å². The third-order valence-corrected chi connectivity index (χ3v) is 3.94. The number of likely N-dealkylation sites (tertiary alicyclic amines) is 1. The molecule has 1 aliphatic heterocycles. The molecule has 0 unspecified atom stereocenters. The lowest BCUT2D eigenvalue weighted by atomic mass is 10.2. The smallest absolute Gasteiger partial charge is 0.0857 e. The average molecular weight is 312 g/mol. The van der Waals surface area contributed by atoms with Crippen molar-refractivity contribution in [1.29, 1.82) is 0 Å². The summed E-state index contributed by atoms with van der Waals surface area (Å²) in [7, 11) is 0. The van der Waals surface area contributed by atoms with E-state index in [4.69, 9.17) is 11.6 Å². The van der Waals surface area contributed by atoms with Gasteiger partial charge in [0, 0.05) is 23.8 Å². The van der Waals surface area contributed by atoms with E-state index in [1.165, 1.54) is 17.7 Å². The van der Waals surface area contributed by atoms with Crippen LogP contribution in [0.4, 0.5) is 5.69 Å². The largest absolute Gasteiger partial charge is 0.369 e. The van der Waals surface area contributed by atoms with Gasteiger partial charge in [0.05, 0.1) is 11.9 Å². The molecule has 0 N–H and O–H groups in total. The molecular weight excluding hydrogens is 294 g/mol. The van der Waals surface area contributed by atoms with Gasteiger partial charge in [0.25, 0.3) is 0 Å². The Bertz CT molecular complexity index is 662. The van der Waals surface area contributed by atoms with Crippen LogP contribution in [-0.2, 0) is 6.54 Å². The van der Waals surface area contributed by atoms with Crippen LogP contribution in [0.3, 0.4) is 0 Å². The molecule has 0 saturated carbocycles. The normalized spacial score (nSPS) is 16.8. The first-order valence-corrected chi connectivity index (χ1v) is 7.83. The van der Waals surface area contributed by atoms with Crippen LogP contribution in [0.15, 0.2) is 76.7 Å². The minimum atomic E-state index is 0.710. The second-order valence-corrected chi connectivity index (χ2v) is 5.76. The Labute approximate surface area is 135 Å². The lowest BCUT2D eigenvalue weighted by Gasteiger charge is -2.19. The molecule has 1 aliphatic rings. The Morgan fingerprint density at radius 2 is 1.82 bits per heavy atom. The van der Waals surface area contributed by atoms with Crippen LogP contribution < -0.4 is 0 Å². The van der Waals surface area contributed by atoms with E-state index < -0.39 is 0 Å². The van der Waals surface area contributed by atoms with Crippen molar-refractivity contribution in [3.63, 3.8) is 0 Å². The average Bonchev–Trinajstić information content (AvgIpc) is 2.98. The van der Waals surface area contributed by atoms with Gasteiger partial charge >= 0.3 is 0 Å². The molecule has 3 nitrogen and oxygen atoms in total. The molecule has 0 radical (unpaired) electrons. The van der Waals surface area contributed by atoms with Crippen molar-refractivity contribution in [2.24, 2.45) is 10.2 Å². The molecule has 0 spiro atoms. The summed E-state index contributed by atoms with van der Waals surface area (Å²) in [5, 5.41) is 9.15. The molecule has 2 aromatic rings. The van der Waals surface area contributed by atoms with Gasteiger partial charge in [-0.25, -0.2) is 0 Å². The second kappa shape index (κ2) is 7.23. The number of hydrogen-bond acceptors (Lipinski definition) is 3. The van der Waals surface area contributed by atoms with Gasteiger partial charge in [0.15, 0.2) is 0 Å². The van der Waals surface area contributed by atoms with Crippen molar-refractivity contribution >= 4 is 17.3 Å². The summed E-state index contributed by atoms with van der Waals surface area (Å²) in [5.41, 5.74) is 3.39. The van der Waals surface area contributed by atoms with Crippen LogP contribution >= 0.6 is 11.6 Å². The van der Waals surface area contributed by atoms with Crippen LogP contribution in [0.5, 0.6) is 0 Å². The molecule has 1 heterocycles. The zero-order valence-electron chi connectivity index (χ0n) is 12.3. The highest BCUT2D eigenvalue weighted by Gasteiger charge is 2.16. The Morgan fingerprint density at radius 3 is 2.59 bits per heavy atom. The predicted molar refractivity (Wildman–Crippen MR) is 90.1 cm³/mol. The summed E-state index contributed by atoms with van der Waals surface area (Å²) in [5.74, 6) is 0. The van der Waals surface area contributed by atoms with Crippen LogP contribution in [0, 0.1) is 0 Å². The van der Waals surface area contributed by atoms with Gasteiger partial charge < -0.3 is 4.90 Å². The Kier molecular flexibility index (Phi) is 4.86. The highest BCUT2D eigenvalue weighted by molar-refractivity contribution is 6.30. The van der Waals surface area contributed by atoms with E-state index in [0.717, 1.165) is 25.2 Å². The van der Waals surface area contributed by atoms with E-state index >= 15 is 0 Å². The molecule has 0 amide bonds. The molecule has 0 aromatic heterocycles. The molecule has 1 saturated heterocycles. The number of allylic oxidation sites excluding steroid dienone is 1. The van der Waals surface area contributed by atoms with E-state index in [0.29, 0.717) is 5.02 Å². The molecule has 22 heavy (non-hydrogen) atoms. The summed E-state index contributed by atoms with van der Waals surface area (Å²) < 4.78 is 0. The van der Waals surface area contributed by atoms with Gasteiger partial charge in [-0.2, -0.15) is 10.2 Å². The number of nitrogens with zero attached hydrogens (tertiary/aromatic N) is 3. The fraction of sp³-hybridized carbons (Fsp3) is 0.222. The van der Waals surface area contributed by atoms with Crippen molar-refractivity contribution in [2.75, 3.05) is 6.54 Å². The Balaban J connectivity index is 1.66. The van der Waals surface area contributed by atoms with Gasteiger partial charge in [-0.05, 0) is 42.7 Å². The second-order valence-electron chi connectivity index (χ2n) is 5.32. The summed E-state index contributed by atoms with van der Waals surface area (Å²) in [6.07, 6.45) is 4.12. The van der Waals surface area contributed by atoms with Crippen molar-refractivity contribution in [1.82, 2.24) is 4.90 Å². The monoisotopic (exact) mass is 311 g/mol. The fourth-order valence-electron chi connectivity index (χ4n) is 2.55. The maximum atomic E-state index is 5.85. The number of hydrogen-bond donors (Lipinski definition) is 0. The molecule has 112 valence electrons. The topological polar surface area (TPSA) is 28.0 Å². The zero-order valence-corrected chi connectivity index (χ0v) is 13.1. The molecular formula is C18H18ClN3. The van der Waals surface area contributed by atoms with E-state index in [9.17, 15) is 0 Å². The highest BCUT2D eigenvalue weighted by Crippen LogP contribution is 2.24. The first-order valence-electron chi connectivity index (χ1n) is 7.45. The first-order chi connectivity index (χ1) is 10.8. The van der Waals surface area contributed by atoms with Gasteiger partial charge in [0.1, 0.15) is 0 Å². The zero-order chi connectivity index (χ0) is 15.2. The van der Waals surface area contributed by atoms with Crippen molar-refractivity contribution < 1.29 is 0 Å². The minimum absolute atomic E-state index is 0.710. The van der Waals surface area contributed by atoms with Gasteiger partial charge in [-0.15, -0.1) is 0 Å². The van der Waals surface area contributed by atoms with Crippen LogP contribution in [0.25, 0.3) is 0 Å². The molecule has 1 fully saturated rings. The SMILES string of the molecule is Clc1ccc(N=N/C=C2\CCCN2Cc2ccccc2)cc1. The van der Waals surface area contributed by atoms with Gasteiger partial charge in [0.2, 0.25) is 0 Å². The summed E-state index contributed by atoms with van der Waals surface area (Å²) in [6.45, 7) is 2.01. The maximum Gasteiger partial charge on any atom is 0.0857 e. The lowest BCUT2D eigenvalue weighted by Crippen LogP contribution is -2.16. The van der Waals surface area contributed by atoms with Gasteiger partial charge in [-0.3, -0.25) is 0 Å². The minimum Gasteiger partial charge on any atom is -0.369 e. The first kappa shape index (κ1) is 14.8.